The summed E-state index contributed by atoms with van der Waals surface area (Å²) in [5, 5.41) is 2.89. The third-order valence-corrected chi connectivity index (χ3v) is 3.24. The third kappa shape index (κ3) is 4.19. The minimum Gasteiger partial charge on any atom is -0.309 e. The minimum atomic E-state index is -4.38. The standard InChI is InChI=1S/C15H12ClF4N/c16-13-7-10(5-6-14(13)17)8-21-9-11-3-1-2-4-12(11)15(18,19)20/h1-7,21H,8-9H2. The van der Waals surface area contributed by atoms with E-state index in [0.717, 1.165) is 6.07 Å². The van der Waals surface area contributed by atoms with Gasteiger partial charge in [0.15, 0.2) is 0 Å². The van der Waals surface area contributed by atoms with Crippen LogP contribution in [0.5, 0.6) is 0 Å². The van der Waals surface area contributed by atoms with Crippen molar-refractivity contribution in [2.75, 3.05) is 0 Å². The largest absolute Gasteiger partial charge is 0.416 e. The first kappa shape index (κ1) is 15.8. The van der Waals surface area contributed by atoms with Gasteiger partial charge < -0.3 is 5.32 Å². The fourth-order valence-electron chi connectivity index (χ4n) is 1.94. The lowest BCUT2D eigenvalue weighted by Crippen LogP contribution is -2.17. The predicted octanol–water partition coefficient (Wildman–Crippen LogP) is 4.79. The Kier molecular flexibility index (Phi) is 4.85. The SMILES string of the molecule is Fc1ccc(CNCc2ccccc2C(F)(F)F)cc1Cl. The first-order chi connectivity index (χ1) is 9.88. The first-order valence-electron chi connectivity index (χ1n) is 6.17. The molecule has 112 valence electrons. The summed E-state index contributed by atoms with van der Waals surface area (Å²) in [4.78, 5) is 0. The van der Waals surface area contributed by atoms with Crippen molar-refractivity contribution in [1.82, 2.24) is 5.32 Å². The van der Waals surface area contributed by atoms with E-state index in [9.17, 15) is 17.6 Å². The molecule has 2 aromatic rings. The lowest BCUT2D eigenvalue weighted by molar-refractivity contribution is -0.138. The molecule has 0 radical (unpaired) electrons. The number of hydrogen-bond acceptors (Lipinski definition) is 1. The van der Waals surface area contributed by atoms with Crippen LogP contribution in [0.25, 0.3) is 0 Å². The number of halogens is 5. The molecule has 0 aromatic heterocycles. The van der Waals surface area contributed by atoms with Crippen molar-refractivity contribution < 1.29 is 17.6 Å². The van der Waals surface area contributed by atoms with Crippen LogP contribution in [0.2, 0.25) is 5.02 Å². The number of hydrogen-bond donors (Lipinski definition) is 1. The number of rotatable bonds is 4. The Morgan fingerprint density at radius 2 is 1.71 bits per heavy atom. The molecular weight excluding hydrogens is 306 g/mol. The van der Waals surface area contributed by atoms with Crippen LogP contribution >= 0.6 is 11.6 Å². The fraction of sp³-hybridized carbons (Fsp3) is 0.200. The van der Waals surface area contributed by atoms with E-state index in [0.29, 0.717) is 12.1 Å². The molecule has 0 saturated carbocycles. The highest BCUT2D eigenvalue weighted by Gasteiger charge is 2.32. The summed E-state index contributed by atoms with van der Waals surface area (Å²) in [5.41, 5.74) is 0.207. The second-order valence-corrected chi connectivity index (χ2v) is 4.91. The summed E-state index contributed by atoms with van der Waals surface area (Å²) in [6.07, 6.45) is -4.38. The van der Waals surface area contributed by atoms with Gasteiger partial charge >= 0.3 is 6.18 Å². The molecule has 0 saturated heterocycles. The van der Waals surface area contributed by atoms with E-state index < -0.39 is 17.6 Å². The topological polar surface area (TPSA) is 12.0 Å². The molecule has 2 rings (SSSR count). The number of benzene rings is 2. The van der Waals surface area contributed by atoms with Gasteiger partial charge in [-0.1, -0.05) is 35.9 Å². The molecule has 0 atom stereocenters. The zero-order chi connectivity index (χ0) is 15.5. The molecule has 0 bridgehead atoms. The monoisotopic (exact) mass is 317 g/mol. The van der Waals surface area contributed by atoms with E-state index in [1.165, 1.54) is 30.3 Å². The molecule has 0 fully saturated rings. The summed E-state index contributed by atoms with van der Waals surface area (Å²) >= 11 is 5.64. The Morgan fingerprint density at radius 1 is 1.00 bits per heavy atom. The van der Waals surface area contributed by atoms with Crippen LogP contribution in [0.4, 0.5) is 17.6 Å². The third-order valence-electron chi connectivity index (χ3n) is 2.95. The van der Waals surface area contributed by atoms with Crippen LogP contribution in [-0.4, -0.2) is 0 Å². The van der Waals surface area contributed by atoms with Gasteiger partial charge in [-0.25, -0.2) is 4.39 Å². The van der Waals surface area contributed by atoms with E-state index in [2.05, 4.69) is 5.32 Å². The van der Waals surface area contributed by atoms with E-state index in [1.807, 2.05) is 0 Å². The van der Waals surface area contributed by atoms with E-state index in [4.69, 9.17) is 11.6 Å². The van der Waals surface area contributed by atoms with Crippen LogP contribution < -0.4 is 5.32 Å². The molecule has 0 spiro atoms. The molecule has 0 aliphatic rings. The fourth-order valence-corrected chi connectivity index (χ4v) is 2.15. The summed E-state index contributed by atoms with van der Waals surface area (Å²) < 4.78 is 51.4. The zero-order valence-electron chi connectivity index (χ0n) is 10.8. The van der Waals surface area contributed by atoms with Crippen LogP contribution in [-0.2, 0) is 19.3 Å². The Bertz CT molecular complexity index is 625. The van der Waals surface area contributed by atoms with Crippen LogP contribution in [0.3, 0.4) is 0 Å². The highest BCUT2D eigenvalue weighted by atomic mass is 35.5. The summed E-state index contributed by atoms with van der Waals surface area (Å²) in [6.45, 7) is 0.358. The van der Waals surface area contributed by atoms with Crippen molar-refractivity contribution in [3.63, 3.8) is 0 Å². The minimum absolute atomic E-state index is 0.00927. The van der Waals surface area contributed by atoms with Crippen LogP contribution in [0, 0.1) is 5.82 Å². The quantitative estimate of drug-likeness (QED) is 0.800. The van der Waals surface area contributed by atoms with Gasteiger partial charge in [-0.05, 0) is 29.3 Å². The van der Waals surface area contributed by atoms with Crippen molar-refractivity contribution in [1.29, 1.82) is 0 Å². The molecule has 1 nitrogen and oxygen atoms in total. The van der Waals surface area contributed by atoms with Crippen molar-refractivity contribution >= 4 is 11.6 Å². The maximum Gasteiger partial charge on any atom is 0.416 e. The van der Waals surface area contributed by atoms with Gasteiger partial charge in [-0.3, -0.25) is 0 Å². The molecule has 21 heavy (non-hydrogen) atoms. The predicted molar refractivity (Wildman–Crippen MR) is 73.4 cm³/mol. The van der Waals surface area contributed by atoms with Gasteiger partial charge in [0.25, 0.3) is 0 Å². The maximum absolute atomic E-state index is 13.0. The van der Waals surface area contributed by atoms with Gasteiger partial charge in [0, 0.05) is 13.1 Å². The second kappa shape index (κ2) is 6.45. The molecular formula is C15H12ClF4N. The first-order valence-corrected chi connectivity index (χ1v) is 6.55. The molecule has 0 heterocycles. The van der Waals surface area contributed by atoms with Gasteiger partial charge in [-0.2, -0.15) is 13.2 Å². The number of alkyl halides is 3. The highest BCUT2D eigenvalue weighted by molar-refractivity contribution is 6.30. The van der Waals surface area contributed by atoms with Gasteiger partial charge in [-0.15, -0.1) is 0 Å². The summed E-state index contributed by atoms with van der Waals surface area (Å²) in [7, 11) is 0. The second-order valence-electron chi connectivity index (χ2n) is 4.51. The lowest BCUT2D eigenvalue weighted by atomic mass is 10.1. The van der Waals surface area contributed by atoms with Crippen molar-refractivity contribution in [2.45, 2.75) is 19.3 Å². The maximum atomic E-state index is 13.0. The molecule has 0 amide bonds. The average Bonchev–Trinajstić information content (AvgIpc) is 2.42. The van der Waals surface area contributed by atoms with Gasteiger partial charge in [0.05, 0.1) is 10.6 Å². The van der Waals surface area contributed by atoms with Crippen LogP contribution in [0.1, 0.15) is 16.7 Å². The lowest BCUT2D eigenvalue weighted by Gasteiger charge is -2.13. The van der Waals surface area contributed by atoms with E-state index in [1.54, 1.807) is 6.07 Å². The highest BCUT2D eigenvalue weighted by Crippen LogP contribution is 2.31. The Hall–Kier alpha value is -1.59. The van der Waals surface area contributed by atoms with E-state index in [-0.39, 0.29) is 17.1 Å². The van der Waals surface area contributed by atoms with Gasteiger partial charge in [0.1, 0.15) is 5.82 Å². The van der Waals surface area contributed by atoms with Crippen LogP contribution in [0.15, 0.2) is 42.5 Å². The smallest absolute Gasteiger partial charge is 0.309 e. The normalized spacial score (nSPS) is 11.7. The molecule has 6 heteroatoms. The Labute approximate surface area is 124 Å². The zero-order valence-corrected chi connectivity index (χ0v) is 11.6. The molecule has 0 aliphatic heterocycles. The van der Waals surface area contributed by atoms with Crippen molar-refractivity contribution in [2.24, 2.45) is 0 Å². The molecule has 0 aliphatic carbocycles. The number of nitrogens with one attached hydrogen (secondary N) is 1. The van der Waals surface area contributed by atoms with Crippen molar-refractivity contribution in [3.8, 4) is 0 Å². The van der Waals surface area contributed by atoms with Gasteiger partial charge in [0.2, 0.25) is 0 Å². The molecule has 2 aromatic carbocycles. The molecule has 1 N–H and O–H groups in total. The Balaban J connectivity index is 2.02. The van der Waals surface area contributed by atoms with E-state index >= 15 is 0 Å². The summed E-state index contributed by atoms with van der Waals surface area (Å²) in [6, 6.07) is 9.58. The molecule has 0 unspecified atom stereocenters. The van der Waals surface area contributed by atoms with Crippen molar-refractivity contribution in [3.05, 3.63) is 70.0 Å². The Morgan fingerprint density at radius 3 is 2.38 bits per heavy atom. The summed E-state index contributed by atoms with van der Waals surface area (Å²) in [5.74, 6) is -0.525. The average molecular weight is 318 g/mol.